The van der Waals surface area contributed by atoms with Crippen LogP contribution in [-0.4, -0.2) is 42.5 Å². The van der Waals surface area contributed by atoms with E-state index in [1.807, 2.05) is 0 Å². The molecule has 2 aromatic rings. The third-order valence-electron chi connectivity index (χ3n) is 5.74. The molecule has 2 saturated carbocycles. The van der Waals surface area contributed by atoms with Gasteiger partial charge < -0.3 is 5.32 Å². The molecule has 0 atom stereocenters. The molecule has 0 saturated heterocycles. The number of rotatable bonds is 7. The number of carbonyl (C=O) groups is 3. The van der Waals surface area contributed by atoms with Gasteiger partial charge in [0, 0.05) is 24.2 Å². The van der Waals surface area contributed by atoms with Crippen LogP contribution in [0.2, 0.25) is 0 Å². The summed E-state index contributed by atoms with van der Waals surface area (Å²) in [4.78, 5) is 35.8. The quantitative estimate of drug-likeness (QED) is 0.639. The van der Waals surface area contributed by atoms with E-state index in [1.165, 1.54) is 22.5 Å². The Kier molecular flexibility index (Phi) is 4.67. The average molecular weight is 439 g/mol. The molecule has 0 radical (unpaired) electrons. The highest BCUT2D eigenvalue weighted by molar-refractivity contribution is 7.89. The van der Waals surface area contributed by atoms with E-state index >= 15 is 0 Å². The van der Waals surface area contributed by atoms with E-state index in [0.717, 1.165) is 31.2 Å². The number of hydrogen-bond acceptors (Lipinski definition) is 5. The Hall–Kier alpha value is -3.04. The second-order valence-electron chi connectivity index (χ2n) is 8.22. The van der Waals surface area contributed by atoms with Crippen molar-refractivity contribution in [1.29, 1.82) is 0 Å². The zero-order valence-electron chi connectivity index (χ0n) is 16.6. The number of sulfonamides is 1. The predicted octanol–water partition coefficient (Wildman–Crippen LogP) is 1.82. The highest BCUT2D eigenvalue weighted by Crippen LogP contribution is 2.34. The molecule has 1 heterocycles. The molecule has 0 unspecified atom stereocenters. The van der Waals surface area contributed by atoms with Crippen LogP contribution in [0.3, 0.4) is 0 Å². The number of hydrogen-bond donors (Lipinski definition) is 2. The Morgan fingerprint density at radius 3 is 2.29 bits per heavy atom. The van der Waals surface area contributed by atoms with Crippen molar-refractivity contribution in [2.24, 2.45) is 0 Å². The van der Waals surface area contributed by atoms with Gasteiger partial charge in [0.1, 0.15) is 0 Å². The van der Waals surface area contributed by atoms with Crippen LogP contribution in [0.5, 0.6) is 0 Å². The average Bonchev–Trinajstić information content (AvgIpc) is 3.67. The van der Waals surface area contributed by atoms with Gasteiger partial charge in [0.05, 0.1) is 16.0 Å². The molecule has 3 aliphatic rings. The molecule has 160 valence electrons. The van der Waals surface area contributed by atoms with Crippen molar-refractivity contribution < 1.29 is 22.8 Å². The zero-order chi connectivity index (χ0) is 21.8. The Bertz CT molecular complexity index is 1200. The molecule has 0 bridgehead atoms. The predicted molar refractivity (Wildman–Crippen MR) is 111 cm³/mol. The third kappa shape index (κ3) is 3.86. The minimum absolute atomic E-state index is 0.0107. The molecule has 8 nitrogen and oxygen atoms in total. The van der Waals surface area contributed by atoms with Gasteiger partial charge in [-0.05, 0) is 61.6 Å². The smallest absolute Gasteiger partial charge is 0.258 e. The number of amides is 3. The maximum atomic E-state index is 13.4. The number of fused-ring (bicyclic) bond motifs is 1. The van der Waals surface area contributed by atoms with Gasteiger partial charge in [-0.25, -0.2) is 8.42 Å². The summed E-state index contributed by atoms with van der Waals surface area (Å²) in [6, 6.07) is 11.1. The van der Waals surface area contributed by atoms with Crippen molar-refractivity contribution in [3.63, 3.8) is 0 Å². The lowest BCUT2D eigenvalue weighted by Gasteiger charge is -2.22. The van der Waals surface area contributed by atoms with Crippen molar-refractivity contribution >= 4 is 27.7 Å². The van der Waals surface area contributed by atoms with Gasteiger partial charge in [0.25, 0.3) is 17.7 Å². The van der Waals surface area contributed by atoms with Gasteiger partial charge in [0.2, 0.25) is 10.0 Å². The molecule has 0 aromatic heterocycles. The fourth-order valence-corrected chi connectivity index (χ4v) is 5.35. The van der Waals surface area contributed by atoms with E-state index < -0.39 is 21.8 Å². The van der Waals surface area contributed by atoms with Crippen LogP contribution in [0.15, 0.2) is 47.4 Å². The minimum atomic E-state index is -3.87. The fourth-order valence-electron chi connectivity index (χ4n) is 3.65. The summed E-state index contributed by atoms with van der Waals surface area (Å²) in [6.45, 7) is 0.166. The standard InChI is InChI=1S/C22H21N3O5S/c26-20(23-15-5-6-15)14-3-1-13(2-4-14)12-25(16-7-8-16)31(29,30)17-9-10-18-19(11-17)22(28)24-21(18)27/h1-4,9-11,15-16H,5-8,12H2,(H,23,26)(H,24,27,28). The second kappa shape index (κ2) is 7.28. The molecular weight excluding hydrogens is 418 g/mol. The summed E-state index contributed by atoms with van der Waals surface area (Å²) in [7, 11) is -3.87. The maximum absolute atomic E-state index is 13.4. The first-order valence-corrected chi connectivity index (χ1v) is 11.7. The van der Waals surface area contributed by atoms with Crippen LogP contribution in [-0.2, 0) is 16.6 Å². The van der Waals surface area contributed by atoms with Crippen molar-refractivity contribution in [3.05, 3.63) is 64.7 Å². The molecule has 31 heavy (non-hydrogen) atoms. The van der Waals surface area contributed by atoms with E-state index in [2.05, 4.69) is 10.6 Å². The molecule has 3 amide bonds. The summed E-state index contributed by atoms with van der Waals surface area (Å²) < 4.78 is 28.1. The third-order valence-corrected chi connectivity index (χ3v) is 7.63. The van der Waals surface area contributed by atoms with Gasteiger partial charge >= 0.3 is 0 Å². The van der Waals surface area contributed by atoms with Gasteiger partial charge in [-0.1, -0.05) is 12.1 Å². The van der Waals surface area contributed by atoms with Gasteiger partial charge in [-0.15, -0.1) is 0 Å². The van der Waals surface area contributed by atoms with Crippen molar-refractivity contribution in [1.82, 2.24) is 14.9 Å². The van der Waals surface area contributed by atoms with Crippen molar-refractivity contribution in [3.8, 4) is 0 Å². The number of carbonyl (C=O) groups excluding carboxylic acids is 3. The Morgan fingerprint density at radius 2 is 1.65 bits per heavy atom. The van der Waals surface area contributed by atoms with Gasteiger partial charge in [0.15, 0.2) is 0 Å². The number of benzene rings is 2. The summed E-state index contributed by atoms with van der Waals surface area (Å²) in [5.74, 6) is -1.23. The second-order valence-corrected chi connectivity index (χ2v) is 10.1. The monoisotopic (exact) mass is 439 g/mol. The molecule has 2 N–H and O–H groups in total. The van der Waals surface area contributed by atoms with Crippen LogP contribution < -0.4 is 10.6 Å². The lowest BCUT2D eigenvalue weighted by molar-refractivity contribution is 0.0877. The maximum Gasteiger partial charge on any atom is 0.258 e. The lowest BCUT2D eigenvalue weighted by atomic mass is 10.1. The Morgan fingerprint density at radius 1 is 0.968 bits per heavy atom. The van der Waals surface area contributed by atoms with Gasteiger partial charge in [-0.3, -0.25) is 19.7 Å². The number of imide groups is 1. The lowest BCUT2D eigenvalue weighted by Crippen LogP contribution is -2.33. The van der Waals surface area contributed by atoms with Crippen LogP contribution >= 0.6 is 0 Å². The summed E-state index contributed by atoms with van der Waals surface area (Å²) in [5.41, 5.74) is 1.58. The summed E-state index contributed by atoms with van der Waals surface area (Å²) in [6.07, 6.45) is 3.56. The fraction of sp³-hybridized carbons (Fsp3) is 0.318. The van der Waals surface area contributed by atoms with Crippen LogP contribution in [0.25, 0.3) is 0 Å². The molecule has 1 aliphatic heterocycles. The highest BCUT2D eigenvalue weighted by Gasteiger charge is 2.39. The van der Waals surface area contributed by atoms with Crippen molar-refractivity contribution in [2.75, 3.05) is 0 Å². The molecule has 0 spiro atoms. The number of nitrogens with zero attached hydrogens (tertiary/aromatic N) is 1. The normalized spacial score (nSPS) is 18.1. The Labute approximate surface area is 179 Å². The molecular formula is C22H21N3O5S. The van der Waals surface area contributed by atoms with Crippen LogP contribution in [0.1, 0.15) is 62.3 Å². The first-order chi connectivity index (χ1) is 14.8. The number of nitrogens with one attached hydrogen (secondary N) is 2. The van der Waals surface area contributed by atoms with Crippen molar-refractivity contribution in [2.45, 2.75) is 49.2 Å². The van der Waals surface area contributed by atoms with E-state index in [4.69, 9.17) is 0 Å². The van der Waals surface area contributed by atoms with E-state index in [-0.39, 0.29) is 40.6 Å². The molecule has 9 heteroatoms. The highest BCUT2D eigenvalue weighted by atomic mass is 32.2. The van der Waals surface area contributed by atoms with E-state index in [0.29, 0.717) is 5.56 Å². The van der Waals surface area contributed by atoms with E-state index in [9.17, 15) is 22.8 Å². The minimum Gasteiger partial charge on any atom is -0.349 e. The van der Waals surface area contributed by atoms with Crippen LogP contribution in [0.4, 0.5) is 0 Å². The summed E-state index contributed by atoms with van der Waals surface area (Å²) in [5, 5.41) is 5.11. The first-order valence-electron chi connectivity index (χ1n) is 10.2. The van der Waals surface area contributed by atoms with E-state index in [1.54, 1.807) is 24.3 Å². The zero-order valence-corrected chi connectivity index (χ0v) is 17.4. The molecule has 2 aromatic carbocycles. The Balaban J connectivity index is 1.38. The molecule has 5 rings (SSSR count). The summed E-state index contributed by atoms with van der Waals surface area (Å²) >= 11 is 0. The topological polar surface area (TPSA) is 113 Å². The van der Waals surface area contributed by atoms with Crippen LogP contribution in [0, 0.1) is 0 Å². The first kappa shape index (κ1) is 19.9. The molecule has 2 fully saturated rings. The SMILES string of the molecule is O=C(NC1CC1)c1ccc(CN(C2CC2)S(=O)(=O)c2ccc3c(c2)C(=O)NC3=O)cc1. The largest absolute Gasteiger partial charge is 0.349 e. The molecule has 2 aliphatic carbocycles. The van der Waals surface area contributed by atoms with Gasteiger partial charge in [-0.2, -0.15) is 4.31 Å².